The van der Waals surface area contributed by atoms with Crippen LogP contribution in [-0.2, 0) is 17.6 Å². The number of nitro benzene ring substituents is 1. The molecule has 2 rings (SSSR count). The van der Waals surface area contributed by atoms with Gasteiger partial charge in [-0.1, -0.05) is 24.3 Å². The van der Waals surface area contributed by atoms with Crippen molar-refractivity contribution >= 4 is 22.4 Å². The Morgan fingerprint density at radius 1 is 1.15 bits per heavy atom. The number of hydrogen-bond acceptors (Lipinski definition) is 4. The lowest BCUT2D eigenvalue weighted by molar-refractivity contribution is -0.387. The Bertz CT molecular complexity index is 643. The van der Waals surface area contributed by atoms with Gasteiger partial charge < -0.3 is 9.83 Å². The van der Waals surface area contributed by atoms with E-state index in [1.165, 1.54) is 18.2 Å². The molecule has 0 saturated heterocycles. The van der Waals surface area contributed by atoms with Crippen molar-refractivity contribution in [3.8, 4) is 0 Å². The van der Waals surface area contributed by atoms with E-state index in [-0.39, 0.29) is 17.2 Å². The van der Waals surface area contributed by atoms with Crippen molar-refractivity contribution in [2.45, 2.75) is 11.5 Å². The molecule has 0 amide bonds. The van der Waals surface area contributed by atoms with Gasteiger partial charge in [-0.2, -0.15) is 0 Å². The van der Waals surface area contributed by atoms with Crippen molar-refractivity contribution in [2.75, 3.05) is 4.72 Å². The molecular weight excluding hydrogens is 280 g/mol. The summed E-state index contributed by atoms with van der Waals surface area (Å²) < 4.78 is 14.8. The molecule has 20 heavy (non-hydrogen) atoms. The fourth-order valence-corrected chi connectivity index (χ4v) is 2.60. The molecule has 1 unspecified atom stereocenters. The largest absolute Gasteiger partial charge is 0.392 e. The maximum absolute atomic E-state index is 12.1. The lowest BCUT2D eigenvalue weighted by Gasteiger charge is -2.07. The number of para-hydroxylation sites is 1. The van der Waals surface area contributed by atoms with Crippen LogP contribution in [-0.4, -0.2) is 14.2 Å². The smallest absolute Gasteiger partial charge is 0.287 e. The Labute approximate surface area is 117 Å². The molecule has 0 radical (unpaired) electrons. The highest BCUT2D eigenvalue weighted by molar-refractivity contribution is 7.86. The van der Waals surface area contributed by atoms with Crippen LogP contribution in [0.4, 0.5) is 11.4 Å². The van der Waals surface area contributed by atoms with Crippen molar-refractivity contribution < 1.29 is 14.2 Å². The van der Waals surface area contributed by atoms with Gasteiger partial charge in [-0.05, 0) is 23.8 Å². The van der Waals surface area contributed by atoms with E-state index in [0.29, 0.717) is 5.69 Å². The van der Waals surface area contributed by atoms with Crippen molar-refractivity contribution in [3.63, 3.8) is 0 Å². The monoisotopic (exact) mass is 292 g/mol. The van der Waals surface area contributed by atoms with Crippen LogP contribution >= 0.6 is 0 Å². The first kappa shape index (κ1) is 14.2. The molecular formula is C13H12N2O4S. The van der Waals surface area contributed by atoms with Crippen molar-refractivity contribution in [3.05, 3.63) is 64.2 Å². The van der Waals surface area contributed by atoms with Crippen LogP contribution in [0.3, 0.4) is 0 Å². The summed E-state index contributed by atoms with van der Waals surface area (Å²) in [6.45, 7) is -0.0759. The van der Waals surface area contributed by atoms with Gasteiger partial charge in [0, 0.05) is 11.8 Å². The predicted molar refractivity (Wildman–Crippen MR) is 75.5 cm³/mol. The first-order valence-corrected chi connectivity index (χ1v) is 6.88. The van der Waals surface area contributed by atoms with E-state index in [2.05, 4.69) is 4.72 Å². The van der Waals surface area contributed by atoms with Crippen LogP contribution in [0.15, 0.2) is 53.4 Å². The number of anilines is 1. The maximum atomic E-state index is 12.1. The minimum absolute atomic E-state index is 0.0759. The van der Waals surface area contributed by atoms with Gasteiger partial charge in [-0.3, -0.25) is 10.1 Å². The van der Waals surface area contributed by atoms with Crippen LogP contribution in [0.1, 0.15) is 5.56 Å². The minimum Gasteiger partial charge on any atom is -0.392 e. The Kier molecular flexibility index (Phi) is 4.44. The molecule has 0 aliphatic heterocycles. The summed E-state index contributed by atoms with van der Waals surface area (Å²) in [6, 6.07) is 12.5. The Morgan fingerprint density at radius 2 is 1.80 bits per heavy atom. The molecule has 2 aromatic rings. The van der Waals surface area contributed by atoms with Crippen molar-refractivity contribution in [2.24, 2.45) is 0 Å². The second-order valence-electron chi connectivity index (χ2n) is 3.95. The van der Waals surface area contributed by atoms with E-state index < -0.39 is 15.9 Å². The number of nitrogens with one attached hydrogen (secondary N) is 1. The highest BCUT2D eigenvalue weighted by Crippen LogP contribution is 2.22. The molecule has 2 N–H and O–H groups in total. The molecule has 0 aromatic heterocycles. The van der Waals surface area contributed by atoms with E-state index in [4.69, 9.17) is 5.11 Å². The van der Waals surface area contributed by atoms with E-state index in [9.17, 15) is 14.3 Å². The Balaban J connectivity index is 2.21. The standard InChI is InChI=1S/C13H12N2O4S/c16-9-10-5-7-11(8-6-10)14-20(19)13-4-2-1-3-12(13)15(17)18/h1-8,14,16H,9H2. The Hall–Kier alpha value is -2.25. The third-order valence-electron chi connectivity index (χ3n) is 2.61. The number of hydrogen-bond donors (Lipinski definition) is 2. The summed E-state index contributed by atoms with van der Waals surface area (Å²) in [5.74, 6) is 0. The van der Waals surface area contributed by atoms with Gasteiger partial charge in [0.2, 0.25) is 0 Å². The second kappa shape index (κ2) is 6.27. The predicted octanol–water partition coefficient (Wildman–Crippen LogP) is 2.22. The molecule has 0 fully saturated rings. The Morgan fingerprint density at radius 3 is 2.40 bits per heavy atom. The summed E-state index contributed by atoms with van der Waals surface area (Å²) in [6.07, 6.45) is 0. The minimum atomic E-state index is -1.73. The summed E-state index contributed by atoms with van der Waals surface area (Å²) in [4.78, 5) is 10.4. The summed E-state index contributed by atoms with van der Waals surface area (Å²) in [5.41, 5.74) is 1.09. The van der Waals surface area contributed by atoms with Gasteiger partial charge in [0.15, 0.2) is 11.0 Å². The number of aliphatic hydroxyl groups excluding tert-OH is 1. The zero-order chi connectivity index (χ0) is 14.5. The van der Waals surface area contributed by atoms with Crippen molar-refractivity contribution in [1.29, 1.82) is 0 Å². The van der Waals surface area contributed by atoms with Crippen LogP contribution in [0.5, 0.6) is 0 Å². The highest BCUT2D eigenvalue weighted by Gasteiger charge is 2.18. The molecule has 2 aromatic carbocycles. The molecule has 6 nitrogen and oxygen atoms in total. The molecule has 1 atom stereocenters. The average molecular weight is 292 g/mol. The fraction of sp³-hybridized carbons (Fsp3) is 0.0769. The van der Waals surface area contributed by atoms with Crippen LogP contribution < -0.4 is 4.72 Å². The van der Waals surface area contributed by atoms with Gasteiger partial charge >= 0.3 is 0 Å². The first-order chi connectivity index (χ1) is 9.61. The van der Waals surface area contributed by atoms with E-state index in [1.807, 2.05) is 0 Å². The second-order valence-corrected chi connectivity index (χ2v) is 5.13. The SMILES string of the molecule is O=[N+]([O-])c1ccccc1S(=O)Nc1ccc(CO)cc1. The van der Waals surface area contributed by atoms with Crippen LogP contribution in [0.2, 0.25) is 0 Å². The molecule has 104 valence electrons. The quantitative estimate of drug-likeness (QED) is 0.653. The van der Waals surface area contributed by atoms with Gasteiger partial charge in [0.25, 0.3) is 5.69 Å². The summed E-state index contributed by atoms with van der Waals surface area (Å²) >= 11 is 0. The van der Waals surface area contributed by atoms with Gasteiger partial charge in [0.05, 0.1) is 11.5 Å². The summed E-state index contributed by atoms with van der Waals surface area (Å²) in [5, 5.41) is 19.8. The maximum Gasteiger partial charge on any atom is 0.287 e. The first-order valence-electron chi connectivity index (χ1n) is 5.73. The van der Waals surface area contributed by atoms with Gasteiger partial charge in [0.1, 0.15) is 4.90 Å². The number of rotatable bonds is 5. The lowest BCUT2D eigenvalue weighted by Crippen LogP contribution is -2.07. The van der Waals surface area contributed by atoms with E-state index >= 15 is 0 Å². The molecule has 0 aliphatic carbocycles. The zero-order valence-electron chi connectivity index (χ0n) is 10.4. The van der Waals surface area contributed by atoms with E-state index in [0.717, 1.165) is 5.56 Å². The third-order valence-corrected chi connectivity index (χ3v) is 3.77. The number of nitrogens with zero attached hydrogens (tertiary/aromatic N) is 1. The zero-order valence-corrected chi connectivity index (χ0v) is 11.2. The number of aliphatic hydroxyl groups is 1. The number of nitro groups is 1. The number of benzene rings is 2. The fourth-order valence-electron chi connectivity index (χ4n) is 1.60. The molecule has 0 bridgehead atoms. The van der Waals surface area contributed by atoms with Crippen LogP contribution in [0, 0.1) is 10.1 Å². The van der Waals surface area contributed by atoms with Gasteiger partial charge in [-0.25, -0.2) is 4.21 Å². The van der Waals surface area contributed by atoms with E-state index in [1.54, 1.807) is 30.3 Å². The molecule has 0 heterocycles. The topological polar surface area (TPSA) is 92.5 Å². The molecule has 0 saturated carbocycles. The normalized spacial score (nSPS) is 11.8. The molecule has 0 spiro atoms. The third kappa shape index (κ3) is 3.19. The van der Waals surface area contributed by atoms with Crippen LogP contribution in [0.25, 0.3) is 0 Å². The molecule has 7 heteroatoms. The summed E-state index contributed by atoms with van der Waals surface area (Å²) in [7, 11) is -1.73. The molecule has 0 aliphatic rings. The van der Waals surface area contributed by atoms with Gasteiger partial charge in [-0.15, -0.1) is 0 Å². The average Bonchev–Trinajstić information content (AvgIpc) is 2.48. The lowest BCUT2D eigenvalue weighted by atomic mass is 10.2. The van der Waals surface area contributed by atoms with Crippen molar-refractivity contribution in [1.82, 2.24) is 0 Å². The highest BCUT2D eigenvalue weighted by atomic mass is 32.2.